The number of hydrogen-bond acceptors (Lipinski definition) is 3. The van der Waals surface area contributed by atoms with E-state index in [1.54, 1.807) is 11.4 Å². The van der Waals surface area contributed by atoms with E-state index >= 15 is 0 Å². The SMILES string of the molecule is CN=C(NCc1ccccc1Cl)NCC1CCN(S(C)(=O)=O)CC1. The van der Waals surface area contributed by atoms with Crippen LogP contribution in [0.15, 0.2) is 29.3 Å². The van der Waals surface area contributed by atoms with Gasteiger partial charge >= 0.3 is 0 Å². The molecule has 0 spiro atoms. The highest BCUT2D eigenvalue weighted by molar-refractivity contribution is 7.88. The third kappa shape index (κ3) is 5.65. The van der Waals surface area contributed by atoms with Gasteiger partial charge in [-0.25, -0.2) is 12.7 Å². The van der Waals surface area contributed by atoms with E-state index in [0.29, 0.717) is 25.6 Å². The number of nitrogens with one attached hydrogen (secondary N) is 2. The number of sulfonamides is 1. The van der Waals surface area contributed by atoms with E-state index in [9.17, 15) is 8.42 Å². The summed E-state index contributed by atoms with van der Waals surface area (Å²) < 4.78 is 24.6. The fraction of sp³-hybridized carbons (Fsp3) is 0.562. The number of hydrogen-bond donors (Lipinski definition) is 2. The number of aliphatic imine (C=N–C) groups is 1. The van der Waals surface area contributed by atoms with Gasteiger partial charge in [0.2, 0.25) is 10.0 Å². The zero-order chi connectivity index (χ0) is 17.6. The van der Waals surface area contributed by atoms with E-state index in [1.807, 2.05) is 24.3 Å². The summed E-state index contributed by atoms with van der Waals surface area (Å²) in [5, 5.41) is 7.29. The molecule has 0 radical (unpaired) electrons. The smallest absolute Gasteiger partial charge is 0.211 e. The monoisotopic (exact) mass is 372 g/mol. The predicted octanol–water partition coefficient (Wildman–Crippen LogP) is 1.68. The van der Waals surface area contributed by atoms with Gasteiger partial charge in [0.25, 0.3) is 0 Å². The lowest BCUT2D eigenvalue weighted by atomic mass is 9.98. The van der Waals surface area contributed by atoms with Crippen LogP contribution in [-0.4, -0.2) is 51.6 Å². The van der Waals surface area contributed by atoms with Crippen LogP contribution < -0.4 is 10.6 Å². The van der Waals surface area contributed by atoms with Gasteiger partial charge in [-0.1, -0.05) is 29.8 Å². The summed E-state index contributed by atoms with van der Waals surface area (Å²) in [6.07, 6.45) is 3.00. The molecule has 0 aromatic heterocycles. The summed E-state index contributed by atoms with van der Waals surface area (Å²) in [4.78, 5) is 4.22. The highest BCUT2D eigenvalue weighted by Crippen LogP contribution is 2.18. The number of piperidine rings is 1. The maximum absolute atomic E-state index is 11.5. The second kappa shape index (κ2) is 8.69. The Morgan fingerprint density at radius 2 is 1.96 bits per heavy atom. The maximum atomic E-state index is 11.5. The zero-order valence-electron chi connectivity index (χ0n) is 14.1. The minimum absolute atomic E-state index is 0.446. The molecule has 0 saturated carbocycles. The molecule has 0 atom stereocenters. The lowest BCUT2D eigenvalue weighted by Gasteiger charge is -2.30. The molecule has 1 aromatic carbocycles. The minimum Gasteiger partial charge on any atom is -0.356 e. The van der Waals surface area contributed by atoms with Crippen LogP contribution in [0.2, 0.25) is 5.02 Å². The highest BCUT2D eigenvalue weighted by atomic mass is 35.5. The van der Waals surface area contributed by atoms with Crippen LogP contribution >= 0.6 is 11.6 Å². The standard InChI is InChI=1S/C16H25ClN4O2S/c1-18-16(20-12-14-5-3-4-6-15(14)17)19-11-13-7-9-21(10-8-13)24(2,22)23/h3-6,13H,7-12H2,1-2H3,(H2,18,19,20). The van der Waals surface area contributed by atoms with Gasteiger partial charge in [0, 0.05) is 38.2 Å². The number of halogens is 1. The van der Waals surface area contributed by atoms with Crippen molar-refractivity contribution in [2.75, 3.05) is 32.9 Å². The van der Waals surface area contributed by atoms with Gasteiger partial charge in [0.15, 0.2) is 5.96 Å². The molecule has 134 valence electrons. The first kappa shape index (κ1) is 19.0. The first-order chi connectivity index (χ1) is 11.4. The van der Waals surface area contributed by atoms with Crippen molar-refractivity contribution in [3.05, 3.63) is 34.9 Å². The van der Waals surface area contributed by atoms with Crippen molar-refractivity contribution in [3.63, 3.8) is 0 Å². The molecule has 0 aliphatic carbocycles. The molecule has 1 aliphatic heterocycles. The van der Waals surface area contributed by atoms with Gasteiger partial charge in [0.05, 0.1) is 6.26 Å². The number of nitrogens with zero attached hydrogens (tertiary/aromatic N) is 2. The molecule has 1 aliphatic rings. The fourth-order valence-electron chi connectivity index (χ4n) is 2.73. The Kier molecular flexibility index (Phi) is 6.89. The van der Waals surface area contributed by atoms with E-state index in [1.165, 1.54) is 6.26 Å². The van der Waals surface area contributed by atoms with E-state index < -0.39 is 10.0 Å². The quantitative estimate of drug-likeness (QED) is 0.609. The van der Waals surface area contributed by atoms with Crippen LogP contribution in [0.1, 0.15) is 18.4 Å². The van der Waals surface area contributed by atoms with Crippen molar-refractivity contribution < 1.29 is 8.42 Å². The van der Waals surface area contributed by atoms with Crippen molar-refractivity contribution in [3.8, 4) is 0 Å². The molecule has 8 heteroatoms. The van der Waals surface area contributed by atoms with E-state index in [4.69, 9.17) is 11.6 Å². The number of guanidine groups is 1. The van der Waals surface area contributed by atoms with E-state index in [-0.39, 0.29) is 0 Å². The molecule has 0 unspecified atom stereocenters. The van der Waals surface area contributed by atoms with Crippen LogP contribution in [0.25, 0.3) is 0 Å². The molecule has 1 heterocycles. The molecule has 0 amide bonds. The molecule has 2 rings (SSSR count). The average Bonchev–Trinajstić information content (AvgIpc) is 2.56. The van der Waals surface area contributed by atoms with Crippen LogP contribution in [-0.2, 0) is 16.6 Å². The molecule has 1 fully saturated rings. The topological polar surface area (TPSA) is 73.8 Å². The Hall–Kier alpha value is -1.31. The maximum Gasteiger partial charge on any atom is 0.211 e. The summed E-state index contributed by atoms with van der Waals surface area (Å²) >= 11 is 6.15. The second-order valence-electron chi connectivity index (χ2n) is 6.00. The first-order valence-corrected chi connectivity index (χ1v) is 10.3. The zero-order valence-corrected chi connectivity index (χ0v) is 15.7. The van der Waals surface area contributed by atoms with Gasteiger partial charge in [-0.3, -0.25) is 4.99 Å². The summed E-state index contributed by atoms with van der Waals surface area (Å²) in [5.74, 6) is 1.17. The second-order valence-corrected chi connectivity index (χ2v) is 8.39. The van der Waals surface area contributed by atoms with Crippen LogP contribution in [0.4, 0.5) is 0 Å². The van der Waals surface area contributed by atoms with Crippen molar-refractivity contribution in [2.45, 2.75) is 19.4 Å². The summed E-state index contributed by atoms with van der Waals surface area (Å²) in [7, 11) is -1.33. The van der Waals surface area contributed by atoms with Crippen molar-refractivity contribution in [1.82, 2.24) is 14.9 Å². The van der Waals surface area contributed by atoms with E-state index in [2.05, 4.69) is 15.6 Å². The van der Waals surface area contributed by atoms with Crippen LogP contribution in [0.3, 0.4) is 0 Å². The Morgan fingerprint density at radius 1 is 1.29 bits per heavy atom. The minimum atomic E-state index is -3.06. The molecule has 6 nitrogen and oxygen atoms in total. The molecular formula is C16H25ClN4O2S. The lowest BCUT2D eigenvalue weighted by Crippen LogP contribution is -2.43. The van der Waals surface area contributed by atoms with Crippen molar-refractivity contribution in [2.24, 2.45) is 10.9 Å². The van der Waals surface area contributed by atoms with Gasteiger partial charge in [0.1, 0.15) is 0 Å². The normalized spacial score (nSPS) is 17.7. The summed E-state index contributed by atoms with van der Waals surface area (Å²) in [5.41, 5.74) is 1.02. The number of benzene rings is 1. The van der Waals surface area contributed by atoms with Gasteiger partial charge < -0.3 is 10.6 Å². The Bertz CT molecular complexity index is 670. The van der Waals surface area contributed by atoms with E-state index in [0.717, 1.165) is 35.9 Å². The highest BCUT2D eigenvalue weighted by Gasteiger charge is 2.24. The third-order valence-electron chi connectivity index (χ3n) is 4.23. The molecular weight excluding hydrogens is 348 g/mol. The third-order valence-corrected chi connectivity index (χ3v) is 5.90. The molecule has 1 aromatic rings. The molecule has 0 bridgehead atoms. The first-order valence-electron chi connectivity index (χ1n) is 8.03. The van der Waals surface area contributed by atoms with Gasteiger partial charge in [-0.15, -0.1) is 0 Å². The van der Waals surface area contributed by atoms with Crippen LogP contribution in [0.5, 0.6) is 0 Å². The molecule has 2 N–H and O–H groups in total. The van der Waals surface area contributed by atoms with Crippen LogP contribution in [0, 0.1) is 5.92 Å². The number of rotatable bonds is 5. The Labute approximate surface area is 149 Å². The Balaban J connectivity index is 1.76. The largest absolute Gasteiger partial charge is 0.356 e. The Morgan fingerprint density at radius 3 is 2.54 bits per heavy atom. The summed E-state index contributed by atoms with van der Waals surface area (Å²) in [6, 6.07) is 7.70. The molecule has 1 saturated heterocycles. The van der Waals surface area contributed by atoms with Crippen molar-refractivity contribution >= 4 is 27.6 Å². The molecule has 24 heavy (non-hydrogen) atoms. The van der Waals surface area contributed by atoms with Crippen molar-refractivity contribution in [1.29, 1.82) is 0 Å². The lowest BCUT2D eigenvalue weighted by molar-refractivity contribution is 0.275. The van der Waals surface area contributed by atoms with Gasteiger partial charge in [-0.2, -0.15) is 0 Å². The summed E-state index contributed by atoms with van der Waals surface area (Å²) in [6.45, 7) is 2.57. The fourth-order valence-corrected chi connectivity index (χ4v) is 3.80. The average molecular weight is 373 g/mol. The predicted molar refractivity (Wildman–Crippen MR) is 98.8 cm³/mol. The van der Waals surface area contributed by atoms with Gasteiger partial charge in [-0.05, 0) is 30.4 Å².